The Labute approximate surface area is 130 Å². The Morgan fingerprint density at radius 3 is 2.38 bits per heavy atom. The summed E-state index contributed by atoms with van der Waals surface area (Å²) in [6.07, 6.45) is 8.32. The molecule has 4 heteroatoms. The van der Waals surface area contributed by atoms with Crippen LogP contribution in [0.25, 0.3) is 0 Å². The minimum Gasteiger partial charge on any atom is -0.337 e. The highest BCUT2D eigenvalue weighted by Gasteiger charge is 2.50. The van der Waals surface area contributed by atoms with E-state index >= 15 is 0 Å². The Bertz CT molecular complexity index is 546. The summed E-state index contributed by atoms with van der Waals surface area (Å²) in [6, 6.07) is 3.79. The molecular formula is C17H21ClN2O. The molecule has 4 bridgehead atoms. The van der Waals surface area contributed by atoms with Gasteiger partial charge < -0.3 is 4.90 Å². The van der Waals surface area contributed by atoms with E-state index in [2.05, 4.69) is 4.98 Å². The van der Waals surface area contributed by atoms with Crippen LogP contribution in [0.15, 0.2) is 18.3 Å². The molecule has 0 atom stereocenters. The second kappa shape index (κ2) is 4.98. The Balaban J connectivity index is 1.57. The number of rotatable bonds is 2. The summed E-state index contributed by atoms with van der Waals surface area (Å²) >= 11 is 5.99. The molecule has 4 aliphatic rings. The largest absolute Gasteiger partial charge is 0.337 e. The number of halogens is 1. The van der Waals surface area contributed by atoms with E-state index < -0.39 is 0 Å². The molecule has 0 aromatic carbocycles. The fourth-order valence-electron chi connectivity index (χ4n) is 5.37. The summed E-state index contributed by atoms with van der Waals surface area (Å²) in [5, 5.41) is 0.576. The lowest BCUT2D eigenvalue weighted by Gasteiger charge is -2.56. The smallest absolute Gasteiger partial charge is 0.272 e. The van der Waals surface area contributed by atoms with Crippen LogP contribution in [0.4, 0.5) is 0 Å². The molecule has 3 nitrogen and oxygen atoms in total. The molecule has 0 N–H and O–H groups in total. The first kappa shape index (κ1) is 13.6. The van der Waals surface area contributed by atoms with Crippen LogP contribution in [0.3, 0.4) is 0 Å². The lowest BCUT2D eigenvalue weighted by molar-refractivity contribution is -0.0492. The third kappa shape index (κ3) is 2.26. The highest BCUT2D eigenvalue weighted by Crippen LogP contribution is 2.55. The SMILES string of the molecule is CN(C(=O)c1cc(Cl)ccn1)C1C2CC3CC(C2)CC1C3. The van der Waals surface area contributed by atoms with Crippen molar-refractivity contribution in [3.63, 3.8) is 0 Å². The molecule has 0 saturated heterocycles. The summed E-state index contributed by atoms with van der Waals surface area (Å²) in [5.74, 6) is 3.28. The van der Waals surface area contributed by atoms with Crippen molar-refractivity contribution in [2.75, 3.05) is 7.05 Å². The molecule has 4 saturated carbocycles. The summed E-state index contributed by atoms with van der Waals surface area (Å²) < 4.78 is 0. The number of hydrogen-bond donors (Lipinski definition) is 0. The lowest BCUT2D eigenvalue weighted by atomic mass is 9.54. The highest BCUT2D eigenvalue weighted by atomic mass is 35.5. The zero-order valence-electron chi connectivity index (χ0n) is 12.3. The van der Waals surface area contributed by atoms with Gasteiger partial charge in [0.2, 0.25) is 0 Å². The number of hydrogen-bond acceptors (Lipinski definition) is 2. The number of nitrogens with zero attached hydrogens (tertiary/aromatic N) is 2. The van der Waals surface area contributed by atoms with Gasteiger partial charge in [-0.2, -0.15) is 0 Å². The van der Waals surface area contributed by atoms with Gasteiger partial charge in [0.15, 0.2) is 0 Å². The number of pyridine rings is 1. The van der Waals surface area contributed by atoms with Gasteiger partial charge in [0.1, 0.15) is 5.69 Å². The summed E-state index contributed by atoms with van der Waals surface area (Å²) in [7, 11) is 1.96. The minimum absolute atomic E-state index is 0.0231. The van der Waals surface area contributed by atoms with Gasteiger partial charge in [-0.1, -0.05) is 11.6 Å². The van der Waals surface area contributed by atoms with E-state index in [1.54, 1.807) is 18.3 Å². The Hall–Kier alpha value is -1.09. The first-order valence-corrected chi connectivity index (χ1v) is 8.38. The third-order valence-electron chi connectivity index (χ3n) is 5.89. The molecule has 1 aromatic heterocycles. The van der Waals surface area contributed by atoms with Gasteiger partial charge in [0, 0.05) is 24.3 Å². The summed E-state index contributed by atoms with van der Waals surface area (Å²) in [4.78, 5) is 18.9. The molecule has 1 amide bonds. The van der Waals surface area contributed by atoms with Crippen molar-refractivity contribution >= 4 is 17.5 Å². The molecule has 0 radical (unpaired) electrons. The molecular weight excluding hydrogens is 284 g/mol. The van der Waals surface area contributed by atoms with Crippen molar-refractivity contribution in [3.8, 4) is 0 Å². The first-order valence-electron chi connectivity index (χ1n) is 8.00. The van der Waals surface area contributed by atoms with Gasteiger partial charge in [-0.25, -0.2) is 0 Å². The molecule has 21 heavy (non-hydrogen) atoms. The van der Waals surface area contributed by atoms with Crippen LogP contribution in [-0.4, -0.2) is 28.9 Å². The number of carbonyl (C=O) groups excluding carboxylic acids is 1. The van der Waals surface area contributed by atoms with Crippen molar-refractivity contribution in [3.05, 3.63) is 29.0 Å². The van der Waals surface area contributed by atoms with Crippen LogP contribution >= 0.6 is 11.6 Å². The average Bonchev–Trinajstić information content (AvgIpc) is 2.45. The van der Waals surface area contributed by atoms with E-state index in [0.717, 1.165) is 11.8 Å². The predicted molar refractivity (Wildman–Crippen MR) is 82.2 cm³/mol. The van der Waals surface area contributed by atoms with Crippen molar-refractivity contribution in [2.45, 2.75) is 38.1 Å². The topological polar surface area (TPSA) is 33.2 Å². The van der Waals surface area contributed by atoms with Gasteiger partial charge in [-0.15, -0.1) is 0 Å². The predicted octanol–water partition coefficient (Wildman–Crippen LogP) is 3.63. The molecule has 1 heterocycles. The normalized spacial score (nSPS) is 36.8. The second-order valence-electron chi connectivity index (χ2n) is 7.20. The van der Waals surface area contributed by atoms with Crippen LogP contribution in [-0.2, 0) is 0 Å². The van der Waals surface area contributed by atoms with E-state index in [4.69, 9.17) is 11.6 Å². The van der Waals surface area contributed by atoms with Crippen molar-refractivity contribution in [2.24, 2.45) is 23.7 Å². The monoisotopic (exact) mass is 304 g/mol. The number of carbonyl (C=O) groups is 1. The van der Waals surface area contributed by atoms with E-state index in [-0.39, 0.29) is 5.91 Å². The van der Waals surface area contributed by atoms with E-state index in [9.17, 15) is 4.79 Å². The standard InChI is InChI=1S/C17H21ClN2O/c1-20(17(21)15-9-14(18)2-3-19-15)16-12-5-10-4-11(7-12)8-13(16)6-10/h2-3,9-13,16H,4-8H2,1H3. The fraction of sp³-hybridized carbons (Fsp3) is 0.647. The van der Waals surface area contributed by atoms with Crippen LogP contribution in [0.5, 0.6) is 0 Å². The number of amides is 1. The fourth-order valence-corrected chi connectivity index (χ4v) is 5.53. The van der Waals surface area contributed by atoms with Crippen LogP contribution in [0.2, 0.25) is 5.02 Å². The molecule has 112 valence electrons. The Morgan fingerprint density at radius 1 is 1.19 bits per heavy atom. The zero-order chi connectivity index (χ0) is 14.6. The Kier molecular flexibility index (Phi) is 3.21. The highest BCUT2D eigenvalue weighted by molar-refractivity contribution is 6.30. The van der Waals surface area contributed by atoms with Gasteiger partial charge in [-0.3, -0.25) is 9.78 Å². The Morgan fingerprint density at radius 2 is 1.81 bits per heavy atom. The maximum atomic E-state index is 12.7. The first-order chi connectivity index (χ1) is 10.1. The maximum Gasteiger partial charge on any atom is 0.272 e. The minimum atomic E-state index is 0.0231. The average molecular weight is 305 g/mol. The summed E-state index contributed by atoms with van der Waals surface area (Å²) in [6.45, 7) is 0. The van der Waals surface area contributed by atoms with Crippen molar-refractivity contribution in [1.29, 1.82) is 0 Å². The van der Waals surface area contributed by atoms with Gasteiger partial charge >= 0.3 is 0 Å². The molecule has 5 rings (SSSR count). The van der Waals surface area contributed by atoms with Crippen molar-refractivity contribution in [1.82, 2.24) is 9.88 Å². The lowest BCUT2D eigenvalue weighted by Crippen LogP contribution is -2.56. The maximum absolute atomic E-state index is 12.7. The number of aromatic nitrogens is 1. The summed E-state index contributed by atoms with van der Waals surface area (Å²) in [5.41, 5.74) is 0.471. The van der Waals surface area contributed by atoms with E-state index in [1.807, 2.05) is 11.9 Å². The molecule has 0 aliphatic heterocycles. The molecule has 4 aliphatic carbocycles. The van der Waals surface area contributed by atoms with E-state index in [1.165, 1.54) is 32.1 Å². The molecule has 0 unspecified atom stereocenters. The molecule has 0 spiro atoms. The van der Waals surface area contributed by atoms with Crippen LogP contribution < -0.4 is 0 Å². The molecule has 4 fully saturated rings. The van der Waals surface area contributed by atoms with Gasteiger partial charge in [0.05, 0.1) is 0 Å². The van der Waals surface area contributed by atoms with E-state index in [0.29, 0.717) is 28.6 Å². The molecule has 1 aromatic rings. The quantitative estimate of drug-likeness (QED) is 0.836. The third-order valence-corrected chi connectivity index (χ3v) is 6.12. The van der Waals surface area contributed by atoms with Crippen molar-refractivity contribution < 1.29 is 4.79 Å². The van der Waals surface area contributed by atoms with Crippen LogP contribution in [0, 0.1) is 23.7 Å². The van der Waals surface area contributed by atoms with Gasteiger partial charge in [0.25, 0.3) is 5.91 Å². The van der Waals surface area contributed by atoms with Gasteiger partial charge in [-0.05, 0) is 67.9 Å². The second-order valence-corrected chi connectivity index (χ2v) is 7.63. The van der Waals surface area contributed by atoms with Crippen LogP contribution in [0.1, 0.15) is 42.6 Å². The zero-order valence-corrected chi connectivity index (χ0v) is 13.1.